The van der Waals surface area contributed by atoms with Gasteiger partial charge in [-0.25, -0.2) is 0 Å². The van der Waals surface area contributed by atoms with Gasteiger partial charge in [0.05, 0.1) is 5.92 Å². The summed E-state index contributed by atoms with van der Waals surface area (Å²) in [6.45, 7) is 3.48. The Labute approximate surface area is 109 Å². The van der Waals surface area contributed by atoms with Crippen molar-refractivity contribution in [3.8, 4) is 0 Å². The zero-order valence-corrected chi connectivity index (χ0v) is 11.5. The predicted octanol–water partition coefficient (Wildman–Crippen LogP) is 3.22. The van der Waals surface area contributed by atoms with Crippen LogP contribution in [-0.4, -0.2) is 18.4 Å². The molecule has 1 aromatic carbocycles. The number of carbonyl (C=O) groups is 2. The molecule has 92 valence electrons. The predicted molar refractivity (Wildman–Crippen MR) is 68.9 cm³/mol. The molecule has 0 N–H and O–H groups in total. The average Bonchev–Trinajstić information content (AvgIpc) is 2.35. The van der Waals surface area contributed by atoms with E-state index in [1.54, 1.807) is 25.1 Å². The first-order chi connectivity index (χ1) is 8.06. The van der Waals surface area contributed by atoms with E-state index in [2.05, 4.69) is 15.9 Å². The lowest BCUT2D eigenvalue weighted by Crippen LogP contribution is -2.19. The Morgan fingerprint density at radius 1 is 1.35 bits per heavy atom. The summed E-state index contributed by atoms with van der Waals surface area (Å²) in [6.07, 6.45) is 0.710. The van der Waals surface area contributed by atoms with E-state index in [1.165, 1.54) is 0 Å². The fourth-order valence-corrected chi connectivity index (χ4v) is 1.72. The van der Waals surface area contributed by atoms with Gasteiger partial charge in [0.15, 0.2) is 6.61 Å². The van der Waals surface area contributed by atoms with Crippen LogP contribution in [0.1, 0.15) is 30.6 Å². The minimum absolute atomic E-state index is 0.165. The minimum atomic E-state index is -0.326. The van der Waals surface area contributed by atoms with Gasteiger partial charge < -0.3 is 4.74 Å². The fourth-order valence-electron chi connectivity index (χ4n) is 1.21. The Morgan fingerprint density at radius 3 is 2.59 bits per heavy atom. The third kappa shape index (κ3) is 3.97. The molecule has 0 aliphatic rings. The number of Topliss-reactive ketones (excluding diaryl/α,β-unsaturated/α-hetero) is 1. The maximum absolute atomic E-state index is 11.8. The van der Waals surface area contributed by atoms with Gasteiger partial charge in [-0.3, -0.25) is 9.59 Å². The molecule has 0 aliphatic heterocycles. The summed E-state index contributed by atoms with van der Waals surface area (Å²) < 4.78 is 5.67. The molecule has 17 heavy (non-hydrogen) atoms. The van der Waals surface area contributed by atoms with Crippen molar-refractivity contribution in [2.24, 2.45) is 5.92 Å². The summed E-state index contributed by atoms with van der Waals surface area (Å²) in [7, 11) is 0. The molecule has 0 amide bonds. The van der Waals surface area contributed by atoms with Gasteiger partial charge in [0.1, 0.15) is 0 Å². The average molecular weight is 299 g/mol. The van der Waals surface area contributed by atoms with Gasteiger partial charge >= 0.3 is 5.97 Å². The van der Waals surface area contributed by atoms with Crippen LogP contribution in [0.5, 0.6) is 0 Å². The first kappa shape index (κ1) is 13.9. The van der Waals surface area contributed by atoms with E-state index in [9.17, 15) is 9.59 Å². The monoisotopic (exact) mass is 298 g/mol. The van der Waals surface area contributed by atoms with E-state index in [0.717, 1.165) is 0 Å². The van der Waals surface area contributed by atoms with Crippen LogP contribution in [0.25, 0.3) is 0 Å². The molecular formula is C13H15BrO3. The van der Waals surface area contributed by atoms with Gasteiger partial charge in [-0.2, -0.15) is 0 Å². The van der Waals surface area contributed by atoms with E-state index >= 15 is 0 Å². The van der Waals surface area contributed by atoms with Crippen molar-refractivity contribution in [1.82, 2.24) is 0 Å². The molecule has 0 radical (unpaired) electrons. The maximum atomic E-state index is 11.8. The van der Waals surface area contributed by atoms with Crippen LogP contribution >= 0.6 is 15.9 Å². The second-order valence-corrected chi connectivity index (χ2v) is 4.67. The normalized spacial score (nSPS) is 11.9. The van der Waals surface area contributed by atoms with Crippen LogP contribution in [0, 0.1) is 5.92 Å². The molecule has 1 atom stereocenters. The minimum Gasteiger partial charge on any atom is -0.457 e. The fraction of sp³-hybridized carbons (Fsp3) is 0.385. The highest BCUT2D eigenvalue weighted by Crippen LogP contribution is 2.16. The number of benzene rings is 1. The highest BCUT2D eigenvalue weighted by molar-refractivity contribution is 9.10. The number of carbonyl (C=O) groups excluding carboxylic acids is 2. The van der Waals surface area contributed by atoms with Crippen molar-refractivity contribution >= 4 is 27.7 Å². The largest absolute Gasteiger partial charge is 0.457 e. The quantitative estimate of drug-likeness (QED) is 0.619. The summed E-state index contributed by atoms with van der Waals surface area (Å²) in [5.74, 6) is -0.691. The van der Waals surface area contributed by atoms with Crippen molar-refractivity contribution in [3.05, 3.63) is 34.3 Å². The van der Waals surface area contributed by atoms with Crippen LogP contribution < -0.4 is 0 Å². The summed E-state index contributed by atoms with van der Waals surface area (Å²) in [5, 5.41) is 0. The highest BCUT2D eigenvalue weighted by Gasteiger charge is 2.15. The maximum Gasteiger partial charge on any atom is 0.309 e. The van der Waals surface area contributed by atoms with Crippen molar-refractivity contribution in [3.63, 3.8) is 0 Å². The topological polar surface area (TPSA) is 43.4 Å². The Balaban J connectivity index is 2.57. The molecule has 1 aromatic rings. The van der Waals surface area contributed by atoms with Crippen LogP contribution in [0.3, 0.4) is 0 Å². The number of ketones is 1. The molecule has 0 aromatic heterocycles. The van der Waals surface area contributed by atoms with Crippen molar-refractivity contribution in [2.75, 3.05) is 6.61 Å². The van der Waals surface area contributed by atoms with E-state index in [-0.39, 0.29) is 24.3 Å². The molecular weight excluding hydrogens is 284 g/mol. The van der Waals surface area contributed by atoms with Crippen LogP contribution in [0.2, 0.25) is 0 Å². The molecule has 0 unspecified atom stereocenters. The van der Waals surface area contributed by atoms with Gasteiger partial charge in [-0.15, -0.1) is 0 Å². The van der Waals surface area contributed by atoms with Crippen LogP contribution in [-0.2, 0) is 9.53 Å². The number of halogens is 1. The Morgan fingerprint density at radius 2 is 2.00 bits per heavy atom. The third-order valence-electron chi connectivity index (χ3n) is 2.53. The van der Waals surface area contributed by atoms with Gasteiger partial charge in [-0.05, 0) is 12.5 Å². The second kappa shape index (κ2) is 6.55. The molecule has 0 bridgehead atoms. The molecule has 0 saturated carbocycles. The smallest absolute Gasteiger partial charge is 0.309 e. The Kier molecular flexibility index (Phi) is 5.35. The standard InChI is InChI=1S/C13H15BrO3/c1-3-9(2)13(16)17-8-12(15)10-6-4-5-7-11(10)14/h4-7,9H,3,8H2,1-2H3/t9-/m0/s1. The zero-order chi connectivity index (χ0) is 12.8. The van der Waals surface area contributed by atoms with Gasteiger partial charge in [0.2, 0.25) is 5.78 Å². The summed E-state index contributed by atoms with van der Waals surface area (Å²) in [4.78, 5) is 23.2. The molecule has 4 heteroatoms. The molecule has 0 saturated heterocycles. The number of esters is 1. The number of ether oxygens (including phenoxy) is 1. The second-order valence-electron chi connectivity index (χ2n) is 3.82. The SMILES string of the molecule is CC[C@H](C)C(=O)OCC(=O)c1ccccc1Br. The number of rotatable bonds is 5. The molecule has 1 rings (SSSR count). The number of hydrogen-bond donors (Lipinski definition) is 0. The van der Waals surface area contributed by atoms with E-state index in [4.69, 9.17) is 4.74 Å². The number of hydrogen-bond acceptors (Lipinski definition) is 3. The van der Waals surface area contributed by atoms with Crippen LogP contribution in [0.4, 0.5) is 0 Å². The van der Waals surface area contributed by atoms with Gasteiger partial charge in [0.25, 0.3) is 0 Å². The van der Waals surface area contributed by atoms with E-state index in [0.29, 0.717) is 16.5 Å². The molecule has 0 aliphatic carbocycles. The van der Waals surface area contributed by atoms with E-state index < -0.39 is 0 Å². The zero-order valence-electron chi connectivity index (χ0n) is 9.90. The van der Waals surface area contributed by atoms with Crippen molar-refractivity contribution in [2.45, 2.75) is 20.3 Å². The van der Waals surface area contributed by atoms with Gasteiger partial charge in [-0.1, -0.05) is 48.0 Å². The lowest BCUT2D eigenvalue weighted by Gasteiger charge is -2.09. The van der Waals surface area contributed by atoms with E-state index in [1.807, 2.05) is 13.0 Å². The summed E-state index contributed by atoms with van der Waals surface area (Å²) in [6, 6.07) is 7.08. The van der Waals surface area contributed by atoms with Gasteiger partial charge in [0, 0.05) is 10.0 Å². The Hall–Kier alpha value is -1.16. The summed E-state index contributed by atoms with van der Waals surface area (Å²) in [5.41, 5.74) is 0.532. The van der Waals surface area contributed by atoms with Crippen LogP contribution in [0.15, 0.2) is 28.7 Å². The van der Waals surface area contributed by atoms with Crippen molar-refractivity contribution in [1.29, 1.82) is 0 Å². The Bertz CT molecular complexity index is 415. The lowest BCUT2D eigenvalue weighted by atomic mass is 10.1. The third-order valence-corrected chi connectivity index (χ3v) is 3.23. The first-order valence-corrected chi connectivity index (χ1v) is 6.30. The molecule has 0 heterocycles. The lowest BCUT2D eigenvalue weighted by molar-refractivity contribution is -0.146. The van der Waals surface area contributed by atoms with Crippen molar-refractivity contribution < 1.29 is 14.3 Å². The first-order valence-electron chi connectivity index (χ1n) is 5.50. The summed E-state index contributed by atoms with van der Waals surface area (Å²) >= 11 is 3.29. The molecule has 0 fully saturated rings. The molecule has 3 nitrogen and oxygen atoms in total. The highest BCUT2D eigenvalue weighted by atomic mass is 79.9. The molecule has 0 spiro atoms.